The van der Waals surface area contributed by atoms with Crippen molar-refractivity contribution in [2.75, 3.05) is 11.9 Å². The first-order chi connectivity index (χ1) is 10.2. The molecule has 0 aliphatic rings. The van der Waals surface area contributed by atoms with Crippen LogP contribution in [0.2, 0.25) is 5.02 Å². The lowest BCUT2D eigenvalue weighted by molar-refractivity contribution is 0.748. The van der Waals surface area contributed by atoms with Gasteiger partial charge >= 0.3 is 0 Å². The number of hydrogen-bond acceptors (Lipinski definition) is 4. The number of nitrogens with zero attached hydrogens (tertiary/aromatic N) is 2. The van der Waals surface area contributed by atoms with E-state index < -0.39 is 0 Å². The van der Waals surface area contributed by atoms with Gasteiger partial charge in [0.1, 0.15) is 5.82 Å². The van der Waals surface area contributed by atoms with Gasteiger partial charge in [-0.25, -0.2) is 4.98 Å². The highest BCUT2D eigenvalue weighted by atomic mass is 35.5. The number of pyridine rings is 2. The first kappa shape index (κ1) is 14.1. The Hall–Kier alpha value is -1.85. The standard InChI is InChI=1S/C15H14ClN3OS/c1-2-17-14-4-3-11(16)12(18-14)9-19-7-5-13-10(15(19)20)6-8-21-13/h3-8H,2,9H2,1H3,(H,17,18). The second kappa shape index (κ2) is 5.87. The summed E-state index contributed by atoms with van der Waals surface area (Å²) < 4.78 is 2.63. The number of fused-ring (bicyclic) bond motifs is 1. The Morgan fingerprint density at radius 1 is 1.33 bits per heavy atom. The van der Waals surface area contributed by atoms with Crippen molar-refractivity contribution in [1.82, 2.24) is 9.55 Å². The van der Waals surface area contributed by atoms with Crippen molar-refractivity contribution in [2.45, 2.75) is 13.5 Å². The second-order valence-electron chi connectivity index (χ2n) is 4.60. The molecule has 0 aromatic carbocycles. The Kier molecular flexibility index (Phi) is 3.94. The fourth-order valence-electron chi connectivity index (χ4n) is 2.17. The molecule has 108 valence electrons. The predicted octanol–water partition coefficient (Wildman–Crippen LogP) is 3.59. The van der Waals surface area contributed by atoms with Gasteiger partial charge in [0, 0.05) is 17.4 Å². The van der Waals surface area contributed by atoms with E-state index in [1.54, 1.807) is 28.2 Å². The fourth-order valence-corrected chi connectivity index (χ4v) is 3.10. The number of nitrogens with one attached hydrogen (secondary N) is 1. The number of anilines is 1. The van der Waals surface area contributed by atoms with Gasteiger partial charge in [0.15, 0.2) is 0 Å². The van der Waals surface area contributed by atoms with Crippen LogP contribution in [0.4, 0.5) is 5.82 Å². The van der Waals surface area contributed by atoms with Gasteiger partial charge in [-0.2, -0.15) is 0 Å². The molecule has 6 heteroatoms. The minimum atomic E-state index is -0.0135. The molecule has 0 amide bonds. The summed E-state index contributed by atoms with van der Waals surface area (Å²) in [6.07, 6.45) is 1.79. The molecule has 0 saturated heterocycles. The van der Waals surface area contributed by atoms with Gasteiger partial charge in [-0.05, 0) is 36.6 Å². The van der Waals surface area contributed by atoms with Crippen LogP contribution in [0.1, 0.15) is 12.6 Å². The zero-order valence-corrected chi connectivity index (χ0v) is 13.0. The van der Waals surface area contributed by atoms with Crippen molar-refractivity contribution in [3.8, 4) is 0 Å². The van der Waals surface area contributed by atoms with Gasteiger partial charge in [0.2, 0.25) is 0 Å². The van der Waals surface area contributed by atoms with E-state index in [4.69, 9.17) is 11.6 Å². The van der Waals surface area contributed by atoms with E-state index in [9.17, 15) is 4.79 Å². The van der Waals surface area contributed by atoms with Crippen molar-refractivity contribution >= 4 is 38.8 Å². The van der Waals surface area contributed by atoms with Crippen LogP contribution in [-0.2, 0) is 6.54 Å². The smallest absolute Gasteiger partial charge is 0.259 e. The summed E-state index contributed by atoms with van der Waals surface area (Å²) in [5, 5.41) is 6.37. The van der Waals surface area contributed by atoms with Crippen molar-refractivity contribution in [1.29, 1.82) is 0 Å². The van der Waals surface area contributed by atoms with Crippen LogP contribution >= 0.6 is 22.9 Å². The Bertz CT molecular complexity index is 840. The fraction of sp³-hybridized carbons (Fsp3) is 0.200. The molecule has 0 spiro atoms. The third-order valence-corrected chi connectivity index (χ3v) is 4.42. The zero-order chi connectivity index (χ0) is 14.8. The Morgan fingerprint density at radius 2 is 2.19 bits per heavy atom. The van der Waals surface area contributed by atoms with Gasteiger partial charge in [-0.3, -0.25) is 4.79 Å². The minimum absolute atomic E-state index is 0.0135. The van der Waals surface area contributed by atoms with E-state index in [-0.39, 0.29) is 5.56 Å². The van der Waals surface area contributed by atoms with Crippen molar-refractivity contribution in [3.05, 3.63) is 56.9 Å². The minimum Gasteiger partial charge on any atom is -0.370 e. The van der Waals surface area contributed by atoms with Crippen molar-refractivity contribution in [3.63, 3.8) is 0 Å². The first-order valence-corrected chi connectivity index (χ1v) is 7.90. The molecule has 3 aromatic rings. The average Bonchev–Trinajstić information content (AvgIpc) is 2.95. The largest absolute Gasteiger partial charge is 0.370 e. The number of thiophene rings is 1. The third-order valence-electron chi connectivity index (χ3n) is 3.19. The summed E-state index contributed by atoms with van der Waals surface area (Å²) in [6, 6.07) is 7.43. The quantitative estimate of drug-likeness (QED) is 0.799. The summed E-state index contributed by atoms with van der Waals surface area (Å²) in [6.45, 7) is 3.16. The maximum atomic E-state index is 12.4. The van der Waals surface area contributed by atoms with E-state index in [1.165, 1.54) is 0 Å². The van der Waals surface area contributed by atoms with Crippen LogP contribution < -0.4 is 10.9 Å². The number of aromatic nitrogens is 2. The molecule has 21 heavy (non-hydrogen) atoms. The lowest BCUT2D eigenvalue weighted by Crippen LogP contribution is -2.20. The molecule has 0 unspecified atom stereocenters. The van der Waals surface area contributed by atoms with Crippen LogP contribution in [0, 0.1) is 0 Å². The van der Waals surface area contributed by atoms with Gasteiger partial charge in [-0.1, -0.05) is 11.6 Å². The van der Waals surface area contributed by atoms with E-state index in [0.717, 1.165) is 22.4 Å². The number of rotatable bonds is 4. The van der Waals surface area contributed by atoms with E-state index in [1.807, 2.05) is 30.5 Å². The van der Waals surface area contributed by atoms with E-state index in [0.29, 0.717) is 17.3 Å². The summed E-state index contributed by atoms with van der Waals surface area (Å²) in [5.74, 6) is 0.765. The number of halogens is 1. The maximum absolute atomic E-state index is 12.4. The lowest BCUT2D eigenvalue weighted by atomic mass is 10.3. The molecule has 0 atom stereocenters. The topological polar surface area (TPSA) is 46.9 Å². The molecular formula is C15H14ClN3OS. The molecule has 0 fully saturated rings. The molecule has 1 N–H and O–H groups in total. The Balaban J connectivity index is 2.00. The molecule has 0 radical (unpaired) electrons. The monoisotopic (exact) mass is 319 g/mol. The van der Waals surface area contributed by atoms with Gasteiger partial charge in [0.05, 0.1) is 22.6 Å². The lowest BCUT2D eigenvalue weighted by Gasteiger charge is -2.09. The summed E-state index contributed by atoms with van der Waals surface area (Å²) in [7, 11) is 0. The van der Waals surface area contributed by atoms with Gasteiger partial charge < -0.3 is 9.88 Å². The highest BCUT2D eigenvalue weighted by Crippen LogP contribution is 2.19. The van der Waals surface area contributed by atoms with Gasteiger partial charge in [-0.15, -0.1) is 11.3 Å². The summed E-state index contributed by atoms with van der Waals surface area (Å²) >= 11 is 7.76. The van der Waals surface area contributed by atoms with E-state index >= 15 is 0 Å². The van der Waals surface area contributed by atoms with Gasteiger partial charge in [0.25, 0.3) is 5.56 Å². The molecule has 3 aromatic heterocycles. The van der Waals surface area contributed by atoms with Crippen LogP contribution in [-0.4, -0.2) is 16.1 Å². The summed E-state index contributed by atoms with van der Waals surface area (Å²) in [4.78, 5) is 16.9. The normalized spacial score (nSPS) is 11.0. The average molecular weight is 320 g/mol. The summed E-state index contributed by atoms with van der Waals surface area (Å²) in [5.41, 5.74) is 0.673. The highest BCUT2D eigenvalue weighted by Gasteiger charge is 2.08. The Labute approximate surface area is 131 Å². The number of hydrogen-bond donors (Lipinski definition) is 1. The van der Waals surface area contributed by atoms with Crippen LogP contribution in [0.15, 0.2) is 40.6 Å². The maximum Gasteiger partial charge on any atom is 0.259 e. The Morgan fingerprint density at radius 3 is 3.00 bits per heavy atom. The van der Waals surface area contributed by atoms with Crippen molar-refractivity contribution < 1.29 is 0 Å². The zero-order valence-electron chi connectivity index (χ0n) is 11.5. The molecule has 0 saturated carbocycles. The van der Waals surface area contributed by atoms with Crippen LogP contribution in [0.5, 0.6) is 0 Å². The molecule has 3 rings (SSSR count). The van der Waals surface area contributed by atoms with Crippen molar-refractivity contribution in [2.24, 2.45) is 0 Å². The molecule has 4 nitrogen and oxygen atoms in total. The SMILES string of the molecule is CCNc1ccc(Cl)c(Cn2ccc3sccc3c2=O)n1. The molecule has 3 heterocycles. The second-order valence-corrected chi connectivity index (χ2v) is 5.96. The first-order valence-electron chi connectivity index (χ1n) is 6.65. The predicted molar refractivity (Wildman–Crippen MR) is 88.6 cm³/mol. The molecule has 0 bridgehead atoms. The highest BCUT2D eigenvalue weighted by molar-refractivity contribution is 7.17. The van der Waals surface area contributed by atoms with Crippen LogP contribution in [0.3, 0.4) is 0 Å². The van der Waals surface area contributed by atoms with Crippen LogP contribution in [0.25, 0.3) is 10.1 Å². The van der Waals surface area contributed by atoms with E-state index in [2.05, 4.69) is 10.3 Å². The molecule has 0 aliphatic carbocycles. The molecular weight excluding hydrogens is 306 g/mol. The molecule has 0 aliphatic heterocycles. The third kappa shape index (κ3) is 2.80.